The number of rotatable bonds is 4. The van der Waals surface area contributed by atoms with Crippen molar-refractivity contribution in [3.63, 3.8) is 0 Å². The van der Waals surface area contributed by atoms with Gasteiger partial charge in [-0.2, -0.15) is 0 Å². The lowest BCUT2D eigenvalue weighted by molar-refractivity contribution is 0.0975. The van der Waals surface area contributed by atoms with Gasteiger partial charge >= 0.3 is 0 Å². The number of fused-ring (bicyclic) bond motifs is 1. The average Bonchev–Trinajstić information content (AvgIpc) is 3.05. The van der Waals surface area contributed by atoms with E-state index in [-0.39, 0.29) is 5.78 Å². The molecule has 1 saturated carbocycles. The van der Waals surface area contributed by atoms with Crippen molar-refractivity contribution in [1.29, 1.82) is 0 Å². The van der Waals surface area contributed by atoms with Gasteiger partial charge in [0.1, 0.15) is 0 Å². The second-order valence-corrected chi connectivity index (χ2v) is 6.36. The van der Waals surface area contributed by atoms with E-state index in [1.807, 2.05) is 36.0 Å². The molecule has 1 aromatic heterocycles. The van der Waals surface area contributed by atoms with Crippen LogP contribution in [0.1, 0.15) is 48.9 Å². The summed E-state index contributed by atoms with van der Waals surface area (Å²) in [4.78, 5) is 12.5. The highest BCUT2D eigenvalue weighted by Crippen LogP contribution is 2.30. The molecular formula is C17H20ClNO. The third-order valence-electron chi connectivity index (χ3n) is 4.51. The summed E-state index contributed by atoms with van der Waals surface area (Å²) in [5.74, 6) is 1.04. The second kappa shape index (κ2) is 5.61. The maximum absolute atomic E-state index is 12.5. The molecular weight excluding hydrogens is 270 g/mol. The van der Waals surface area contributed by atoms with Crippen molar-refractivity contribution in [1.82, 2.24) is 4.57 Å². The van der Waals surface area contributed by atoms with Gasteiger partial charge in [-0.15, -0.1) is 0 Å². The maximum atomic E-state index is 12.5. The number of aromatic nitrogens is 1. The van der Waals surface area contributed by atoms with Gasteiger partial charge in [0.15, 0.2) is 5.78 Å². The largest absolute Gasteiger partial charge is 0.350 e. The third-order valence-corrected chi connectivity index (χ3v) is 4.74. The fraction of sp³-hybridized carbons (Fsp3) is 0.471. The standard InChI is InChI=1S/C17H20ClNO/c1-19-11-15(14-8-7-13(18)10-16(14)19)17(20)9-6-12-4-2-3-5-12/h7-8,10-12H,2-6,9H2,1H3. The first-order valence-corrected chi connectivity index (χ1v) is 7.81. The molecule has 0 N–H and O–H groups in total. The molecule has 3 heteroatoms. The lowest BCUT2D eigenvalue weighted by Gasteiger charge is -2.07. The Morgan fingerprint density at radius 2 is 2.10 bits per heavy atom. The van der Waals surface area contributed by atoms with Crippen LogP contribution in [0.25, 0.3) is 10.9 Å². The summed E-state index contributed by atoms with van der Waals surface area (Å²) in [5.41, 5.74) is 1.87. The molecule has 0 amide bonds. The van der Waals surface area contributed by atoms with E-state index in [2.05, 4.69) is 0 Å². The number of ketones is 1. The van der Waals surface area contributed by atoms with Gasteiger partial charge in [0.25, 0.3) is 0 Å². The minimum atomic E-state index is 0.268. The number of carbonyl (C=O) groups is 1. The van der Waals surface area contributed by atoms with Gasteiger partial charge in [-0.3, -0.25) is 4.79 Å². The van der Waals surface area contributed by atoms with Gasteiger partial charge < -0.3 is 4.57 Å². The van der Waals surface area contributed by atoms with Crippen molar-refractivity contribution in [2.45, 2.75) is 38.5 Å². The van der Waals surface area contributed by atoms with Crippen LogP contribution in [0.3, 0.4) is 0 Å². The molecule has 106 valence electrons. The zero-order valence-corrected chi connectivity index (χ0v) is 12.6. The van der Waals surface area contributed by atoms with E-state index in [0.29, 0.717) is 11.4 Å². The molecule has 20 heavy (non-hydrogen) atoms. The number of Topliss-reactive ketones (excluding diaryl/α,β-unsaturated/α-hetero) is 1. The Labute approximate surface area is 124 Å². The molecule has 0 atom stereocenters. The van der Waals surface area contributed by atoms with E-state index in [0.717, 1.165) is 28.8 Å². The molecule has 0 spiro atoms. The summed E-state index contributed by atoms with van der Waals surface area (Å²) < 4.78 is 1.99. The van der Waals surface area contributed by atoms with E-state index in [4.69, 9.17) is 11.6 Å². The normalized spacial score (nSPS) is 16.1. The predicted octanol–water partition coefficient (Wildman–Crippen LogP) is 4.98. The quantitative estimate of drug-likeness (QED) is 0.727. The first-order chi connectivity index (χ1) is 9.65. The minimum Gasteiger partial charge on any atom is -0.350 e. The molecule has 0 radical (unpaired) electrons. The van der Waals surface area contributed by atoms with Crippen LogP contribution in [0, 0.1) is 5.92 Å². The van der Waals surface area contributed by atoms with Gasteiger partial charge in [0, 0.05) is 41.2 Å². The van der Waals surface area contributed by atoms with Crippen LogP contribution in [0.2, 0.25) is 5.02 Å². The number of carbonyl (C=O) groups excluding carboxylic acids is 1. The molecule has 3 rings (SSSR count). The molecule has 1 fully saturated rings. The molecule has 1 aliphatic rings. The highest BCUT2D eigenvalue weighted by Gasteiger charge is 2.19. The molecule has 0 saturated heterocycles. The highest BCUT2D eigenvalue weighted by molar-refractivity contribution is 6.31. The number of hydrogen-bond donors (Lipinski definition) is 0. The van der Waals surface area contributed by atoms with Gasteiger partial charge in [0.2, 0.25) is 0 Å². The number of aryl methyl sites for hydroxylation is 1. The van der Waals surface area contributed by atoms with Crippen molar-refractivity contribution in [3.05, 3.63) is 35.0 Å². The Morgan fingerprint density at radius 3 is 2.85 bits per heavy atom. The Balaban J connectivity index is 1.80. The zero-order valence-electron chi connectivity index (χ0n) is 11.9. The smallest absolute Gasteiger partial charge is 0.165 e. The summed E-state index contributed by atoms with van der Waals surface area (Å²) in [6.45, 7) is 0. The zero-order chi connectivity index (χ0) is 14.1. The predicted molar refractivity (Wildman–Crippen MR) is 83.5 cm³/mol. The molecule has 2 aromatic rings. The molecule has 1 aliphatic carbocycles. The summed E-state index contributed by atoms with van der Waals surface area (Å²) >= 11 is 6.03. The van der Waals surface area contributed by atoms with Crippen molar-refractivity contribution in [2.75, 3.05) is 0 Å². The van der Waals surface area contributed by atoms with Crippen LogP contribution < -0.4 is 0 Å². The van der Waals surface area contributed by atoms with Crippen LogP contribution in [0.15, 0.2) is 24.4 Å². The molecule has 2 nitrogen and oxygen atoms in total. The third kappa shape index (κ3) is 2.62. The number of hydrogen-bond acceptors (Lipinski definition) is 1. The van der Waals surface area contributed by atoms with Crippen LogP contribution >= 0.6 is 11.6 Å². The maximum Gasteiger partial charge on any atom is 0.165 e. The SMILES string of the molecule is Cn1cc(C(=O)CCC2CCCC2)c2ccc(Cl)cc21. The topological polar surface area (TPSA) is 22.0 Å². The van der Waals surface area contributed by atoms with Gasteiger partial charge in [0.05, 0.1) is 0 Å². The van der Waals surface area contributed by atoms with Gasteiger partial charge in [-0.05, 0) is 24.5 Å². The number of halogens is 1. The van der Waals surface area contributed by atoms with E-state index < -0.39 is 0 Å². The number of nitrogens with zero attached hydrogens (tertiary/aromatic N) is 1. The molecule has 0 bridgehead atoms. The first kappa shape index (κ1) is 13.7. The Morgan fingerprint density at radius 1 is 1.35 bits per heavy atom. The van der Waals surface area contributed by atoms with E-state index in [9.17, 15) is 4.79 Å². The molecule has 1 heterocycles. The van der Waals surface area contributed by atoms with E-state index >= 15 is 0 Å². The van der Waals surface area contributed by atoms with E-state index in [1.54, 1.807) is 0 Å². The average molecular weight is 290 g/mol. The lowest BCUT2D eigenvalue weighted by Crippen LogP contribution is -2.02. The fourth-order valence-electron chi connectivity index (χ4n) is 3.35. The first-order valence-electron chi connectivity index (χ1n) is 7.43. The van der Waals surface area contributed by atoms with Crippen LogP contribution in [0.5, 0.6) is 0 Å². The monoisotopic (exact) mass is 289 g/mol. The second-order valence-electron chi connectivity index (χ2n) is 5.93. The van der Waals surface area contributed by atoms with Crippen molar-refractivity contribution < 1.29 is 4.79 Å². The van der Waals surface area contributed by atoms with Crippen LogP contribution in [-0.4, -0.2) is 10.4 Å². The van der Waals surface area contributed by atoms with Crippen molar-refractivity contribution >= 4 is 28.3 Å². The summed E-state index contributed by atoms with van der Waals surface area (Å²) in [6, 6.07) is 5.74. The molecule has 0 aliphatic heterocycles. The summed E-state index contributed by atoms with van der Waals surface area (Å²) in [5, 5.41) is 1.73. The summed E-state index contributed by atoms with van der Waals surface area (Å²) in [7, 11) is 1.96. The molecule has 1 aromatic carbocycles. The summed E-state index contributed by atoms with van der Waals surface area (Å²) in [6.07, 6.45) is 8.95. The Hall–Kier alpha value is -1.28. The van der Waals surface area contributed by atoms with Gasteiger partial charge in [-0.25, -0.2) is 0 Å². The Kier molecular flexibility index (Phi) is 3.84. The van der Waals surface area contributed by atoms with E-state index in [1.165, 1.54) is 25.7 Å². The fourth-order valence-corrected chi connectivity index (χ4v) is 3.51. The number of benzene rings is 1. The minimum absolute atomic E-state index is 0.268. The van der Waals surface area contributed by atoms with Crippen LogP contribution in [0.4, 0.5) is 0 Å². The van der Waals surface area contributed by atoms with Crippen molar-refractivity contribution in [2.24, 2.45) is 13.0 Å². The lowest BCUT2D eigenvalue weighted by atomic mass is 9.97. The van der Waals surface area contributed by atoms with Crippen LogP contribution in [-0.2, 0) is 7.05 Å². The Bertz CT molecular complexity index is 638. The van der Waals surface area contributed by atoms with Gasteiger partial charge in [-0.1, -0.05) is 43.4 Å². The highest BCUT2D eigenvalue weighted by atomic mass is 35.5. The molecule has 0 unspecified atom stereocenters. The van der Waals surface area contributed by atoms with Crippen molar-refractivity contribution in [3.8, 4) is 0 Å².